The van der Waals surface area contributed by atoms with Gasteiger partial charge in [-0.2, -0.15) is 18.2 Å². The van der Waals surface area contributed by atoms with Gasteiger partial charge in [-0.1, -0.05) is 11.3 Å². The molecule has 0 saturated heterocycles. The third-order valence-electron chi connectivity index (χ3n) is 4.13. The fraction of sp³-hybridized carbons (Fsp3) is 0.211. The van der Waals surface area contributed by atoms with E-state index in [1.807, 2.05) is 0 Å². The summed E-state index contributed by atoms with van der Waals surface area (Å²) in [7, 11) is 0. The van der Waals surface area contributed by atoms with E-state index >= 15 is 0 Å². The van der Waals surface area contributed by atoms with Crippen LogP contribution in [0, 0.1) is 10.1 Å². The predicted octanol–water partition coefficient (Wildman–Crippen LogP) is 3.93. The number of hydrogen-bond donors (Lipinski definition) is 0. The van der Waals surface area contributed by atoms with Crippen molar-refractivity contribution in [1.29, 1.82) is 0 Å². The molecule has 0 aliphatic heterocycles. The standard InChI is InChI=1S/C19H14F3N3O5S/c1-2-30-16(26)10-24-14-8-7-13(25(28)29)9-15(14)31-18(24)23-17(27)11-3-5-12(6-4-11)19(20,21)22/h3-9H,2,10H2,1H3. The number of rotatable bonds is 5. The molecular formula is C19H14F3N3O5S. The Hall–Kier alpha value is -3.54. The lowest BCUT2D eigenvalue weighted by atomic mass is 10.1. The van der Waals surface area contributed by atoms with E-state index in [-0.39, 0.29) is 29.2 Å². The Morgan fingerprint density at radius 3 is 2.45 bits per heavy atom. The number of benzene rings is 2. The van der Waals surface area contributed by atoms with Crippen LogP contribution in [0.25, 0.3) is 10.2 Å². The number of aromatic nitrogens is 1. The Bertz CT molecular complexity index is 1230. The van der Waals surface area contributed by atoms with E-state index in [1.54, 1.807) is 6.92 Å². The lowest BCUT2D eigenvalue weighted by Gasteiger charge is -2.06. The highest BCUT2D eigenvalue weighted by Gasteiger charge is 2.30. The van der Waals surface area contributed by atoms with Gasteiger partial charge in [-0.25, -0.2) is 0 Å². The quantitative estimate of drug-likeness (QED) is 0.331. The first-order valence-corrected chi connectivity index (χ1v) is 9.61. The average molecular weight is 453 g/mol. The van der Waals surface area contributed by atoms with Gasteiger partial charge in [0.25, 0.3) is 11.6 Å². The summed E-state index contributed by atoms with van der Waals surface area (Å²) in [4.78, 5) is 38.9. The van der Waals surface area contributed by atoms with Crippen molar-refractivity contribution < 1.29 is 32.4 Å². The first kappa shape index (κ1) is 22.2. The summed E-state index contributed by atoms with van der Waals surface area (Å²) in [5, 5.41) is 11.0. The number of fused-ring (bicyclic) bond motifs is 1. The van der Waals surface area contributed by atoms with Crippen molar-refractivity contribution in [1.82, 2.24) is 4.57 Å². The maximum atomic E-state index is 12.7. The van der Waals surface area contributed by atoms with E-state index in [2.05, 4.69) is 4.99 Å². The van der Waals surface area contributed by atoms with Crippen LogP contribution in [0.4, 0.5) is 18.9 Å². The van der Waals surface area contributed by atoms with Crippen LogP contribution in [0.15, 0.2) is 47.5 Å². The number of alkyl halides is 3. The van der Waals surface area contributed by atoms with Crippen LogP contribution in [-0.4, -0.2) is 28.0 Å². The number of amides is 1. The van der Waals surface area contributed by atoms with E-state index in [4.69, 9.17) is 4.74 Å². The lowest BCUT2D eigenvalue weighted by molar-refractivity contribution is -0.384. The first-order chi connectivity index (χ1) is 14.6. The molecule has 1 aromatic heterocycles. The van der Waals surface area contributed by atoms with Gasteiger partial charge < -0.3 is 9.30 Å². The molecule has 0 unspecified atom stereocenters. The van der Waals surface area contributed by atoms with Crippen molar-refractivity contribution in [2.24, 2.45) is 4.99 Å². The van der Waals surface area contributed by atoms with E-state index < -0.39 is 28.5 Å². The van der Waals surface area contributed by atoms with Gasteiger partial charge in [0.15, 0.2) is 4.80 Å². The monoisotopic (exact) mass is 453 g/mol. The zero-order chi connectivity index (χ0) is 22.8. The summed E-state index contributed by atoms with van der Waals surface area (Å²) >= 11 is 0.929. The zero-order valence-electron chi connectivity index (χ0n) is 15.9. The molecule has 1 heterocycles. The molecule has 162 valence electrons. The molecule has 0 fully saturated rings. The number of carbonyl (C=O) groups is 2. The normalized spacial score (nSPS) is 12.2. The number of esters is 1. The number of ether oxygens (including phenoxy) is 1. The number of nitro groups is 1. The maximum absolute atomic E-state index is 12.7. The summed E-state index contributed by atoms with van der Waals surface area (Å²) in [6.45, 7) is 1.45. The summed E-state index contributed by atoms with van der Waals surface area (Å²) in [5.74, 6) is -1.43. The van der Waals surface area contributed by atoms with Crippen molar-refractivity contribution >= 4 is 39.1 Å². The minimum atomic E-state index is -4.54. The summed E-state index contributed by atoms with van der Waals surface area (Å²) in [5.41, 5.74) is -0.755. The van der Waals surface area contributed by atoms with Gasteiger partial charge in [-0.15, -0.1) is 0 Å². The number of hydrogen-bond acceptors (Lipinski definition) is 6. The van der Waals surface area contributed by atoms with Crippen LogP contribution < -0.4 is 4.80 Å². The molecule has 0 aliphatic carbocycles. The molecule has 31 heavy (non-hydrogen) atoms. The number of halogens is 3. The van der Waals surface area contributed by atoms with Crippen molar-refractivity contribution in [2.75, 3.05) is 6.61 Å². The largest absolute Gasteiger partial charge is 0.465 e. The third kappa shape index (κ3) is 4.97. The fourth-order valence-electron chi connectivity index (χ4n) is 2.70. The summed E-state index contributed by atoms with van der Waals surface area (Å²) < 4.78 is 44.8. The van der Waals surface area contributed by atoms with Crippen LogP contribution in [0.2, 0.25) is 0 Å². The molecule has 3 aromatic rings. The van der Waals surface area contributed by atoms with Crippen molar-refractivity contribution in [3.63, 3.8) is 0 Å². The Kier molecular flexibility index (Phi) is 6.20. The highest BCUT2D eigenvalue weighted by molar-refractivity contribution is 7.16. The Balaban J connectivity index is 2.07. The smallest absolute Gasteiger partial charge is 0.416 e. The lowest BCUT2D eigenvalue weighted by Crippen LogP contribution is -2.23. The van der Waals surface area contributed by atoms with Gasteiger partial charge in [0, 0.05) is 17.7 Å². The molecule has 0 atom stereocenters. The second-order valence-electron chi connectivity index (χ2n) is 6.18. The summed E-state index contributed by atoms with van der Waals surface area (Å²) in [6.07, 6.45) is -4.54. The average Bonchev–Trinajstić information content (AvgIpc) is 3.03. The second kappa shape index (κ2) is 8.68. The SMILES string of the molecule is CCOC(=O)Cn1c(=NC(=O)c2ccc(C(F)(F)F)cc2)sc2cc([N+](=O)[O-])ccc21. The topological polar surface area (TPSA) is 104 Å². The van der Waals surface area contributed by atoms with Crippen LogP contribution in [0.5, 0.6) is 0 Å². The molecular weight excluding hydrogens is 439 g/mol. The Morgan fingerprint density at radius 1 is 1.19 bits per heavy atom. The Morgan fingerprint density at radius 2 is 1.87 bits per heavy atom. The number of nitro benzene ring substituents is 1. The fourth-order valence-corrected chi connectivity index (χ4v) is 3.76. The van der Waals surface area contributed by atoms with E-state index in [0.717, 1.165) is 35.6 Å². The molecule has 8 nitrogen and oxygen atoms in total. The van der Waals surface area contributed by atoms with Gasteiger partial charge in [-0.3, -0.25) is 19.7 Å². The minimum absolute atomic E-state index is 0.0495. The number of thiazole rings is 1. The van der Waals surface area contributed by atoms with Gasteiger partial charge in [0.1, 0.15) is 6.54 Å². The molecule has 0 bridgehead atoms. The van der Waals surface area contributed by atoms with Crippen LogP contribution >= 0.6 is 11.3 Å². The van der Waals surface area contributed by atoms with E-state index in [9.17, 15) is 32.9 Å². The van der Waals surface area contributed by atoms with Gasteiger partial charge in [-0.05, 0) is 37.3 Å². The highest BCUT2D eigenvalue weighted by atomic mass is 32.1. The van der Waals surface area contributed by atoms with E-state index in [1.165, 1.54) is 22.8 Å². The molecule has 0 spiro atoms. The second-order valence-corrected chi connectivity index (χ2v) is 7.19. The van der Waals surface area contributed by atoms with Gasteiger partial charge >= 0.3 is 12.1 Å². The minimum Gasteiger partial charge on any atom is -0.465 e. The first-order valence-electron chi connectivity index (χ1n) is 8.80. The number of carbonyl (C=O) groups excluding carboxylic acids is 2. The highest BCUT2D eigenvalue weighted by Crippen LogP contribution is 2.29. The van der Waals surface area contributed by atoms with Crippen LogP contribution in [-0.2, 0) is 22.3 Å². The van der Waals surface area contributed by atoms with Crippen molar-refractivity contribution in [3.8, 4) is 0 Å². The molecule has 12 heteroatoms. The summed E-state index contributed by atoms with van der Waals surface area (Å²) in [6, 6.07) is 7.49. The van der Waals surface area contributed by atoms with Gasteiger partial charge in [0.2, 0.25) is 0 Å². The molecule has 0 saturated carbocycles. The number of nitrogens with zero attached hydrogens (tertiary/aromatic N) is 3. The third-order valence-corrected chi connectivity index (χ3v) is 5.17. The molecule has 2 aromatic carbocycles. The Labute approximate surface area is 176 Å². The molecule has 0 N–H and O–H groups in total. The predicted molar refractivity (Wildman–Crippen MR) is 104 cm³/mol. The molecule has 0 aliphatic rings. The van der Waals surface area contributed by atoms with E-state index in [0.29, 0.717) is 10.2 Å². The maximum Gasteiger partial charge on any atom is 0.416 e. The van der Waals surface area contributed by atoms with Crippen LogP contribution in [0.3, 0.4) is 0 Å². The molecule has 3 rings (SSSR count). The van der Waals surface area contributed by atoms with Crippen molar-refractivity contribution in [2.45, 2.75) is 19.6 Å². The molecule has 1 amide bonds. The van der Waals surface area contributed by atoms with Gasteiger partial charge in [0.05, 0.1) is 27.3 Å². The van der Waals surface area contributed by atoms with Crippen molar-refractivity contribution in [3.05, 3.63) is 68.5 Å². The molecule has 0 radical (unpaired) electrons. The number of non-ortho nitro benzene ring substituents is 1. The van der Waals surface area contributed by atoms with Crippen LogP contribution in [0.1, 0.15) is 22.8 Å². The zero-order valence-corrected chi connectivity index (χ0v) is 16.7.